The van der Waals surface area contributed by atoms with Gasteiger partial charge in [-0.1, -0.05) is 19.9 Å². The molecule has 1 aliphatic heterocycles. The van der Waals surface area contributed by atoms with Crippen molar-refractivity contribution in [3.05, 3.63) is 46.6 Å². The Morgan fingerprint density at radius 1 is 1.38 bits per heavy atom. The standard InChI is InChI=1S/C20H25N9O2S/c1-20(2)7-8-29(19(20)31)16-15(11-28(3)26-16)25-17(30)13-5-4-6-14(24-13)18-22-9-12(32-18)10-23-27-21/h4-6,9,11H,7-8,10H2,1-3H3,(H5,21,22,23,24,25,27,30)/p-1. The number of nitrogens with zero attached hydrogens (tertiary/aromatic N) is 6. The third kappa shape index (κ3) is 4.39. The maximum atomic E-state index is 13.0. The van der Waals surface area contributed by atoms with Crippen LogP contribution in [0.15, 0.2) is 30.6 Å². The Morgan fingerprint density at radius 3 is 2.91 bits per heavy atom. The molecule has 1 fully saturated rings. The number of nitrogens with two attached hydrogens (primary N) is 1. The van der Waals surface area contributed by atoms with Gasteiger partial charge >= 0.3 is 0 Å². The van der Waals surface area contributed by atoms with Crippen molar-refractivity contribution in [2.75, 3.05) is 16.8 Å². The molecule has 0 atom stereocenters. The number of hydrogen-bond acceptors (Lipinski definition) is 8. The van der Waals surface area contributed by atoms with Crippen LogP contribution in [-0.2, 0) is 18.4 Å². The van der Waals surface area contributed by atoms with Gasteiger partial charge in [0.2, 0.25) is 5.91 Å². The van der Waals surface area contributed by atoms with E-state index in [1.54, 1.807) is 47.2 Å². The van der Waals surface area contributed by atoms with E-state index in [0.29, 0.717) is 35.3 Å². The van der Waals surface area contributed by atoms with E-state index >= 15 is 0 Å². The number of rotatable bonds is 7. The average molecular weight is 455 g/mol. The first kappa shape index (κ1) is 22.0. The van der Waals surface area contributed by atoms with Gasteiger partial charge in [-0.3, -0.25) is 25.0 Å². The number of hydrazine groups is 1. The number of hydrogen-bond donors (Lipinski definition) is 3. The Hall–Kier alpha value is -3.19. The molecule has 3 aromatic heterocycles. The first-order valence-electron chi connectivity index (χ1n) is 9.99. The Balaban J connectivity index is 1.54. The molecule has 1 saturated heterocycles. The van der Waals surface area contributed by atoms with E-state index in [-0.39, 0.29) is 11.6 Å². The Kier molecular flexibility index (Phi) is 6.02. The normalized spacial score (nSPS) is 15.4. The maximum absolute atomic E-state index is 13.0. The molecule has 168 valence electrons. The monoisotopic (exact) mass is 454 g/mol. The number of pyridine rings is 1. The highest BCUT2D eigenvalue weighted by molar-refractivity contribution is 7.15. The molecule has 4 N–H and O–H groups in total. The summed E-state index contributed by atoms with van der Waals surface area (Å²) in [5.74, 6) is 5.20. The van der Waals surface area contributed by atoms with Crippen molar-refractivity contribution in [1.29, 1.82) is 0 Å². The first-order chi connectivity index (χ1) is 15.3. The number of amides is 2. The summed E-state index contributed by atoms with van der Waals surface area (Å²) in [5, 5.41) is 7.93. The number of carbonyl (C=O) groups is 2. The van der Waals surface area contributed by atoms with E-state index in [9.17, 15) is 9.59 Å². The lowest BCUT2D eigenvalue weighted by molar-refractivity contribution is -0.124. The molecule has 12 heteroatoms. The molecule has 0 aliphatic carbocycles. The highest BCUT2D eigenvalue weighted by atomic mass is 32.1. The Bertz CT molecular complexity index is 1150. The lowest BCUT2D eigenvalue weighted by Crippen LogP contribution is -2.32. The van der Waals surface area contributed by atoms with Crippen LogP contribution in [0.3, 0.4) is 0 Å². The number of carbonyl (C=O) groups excluding carboxylic acids is 2. The minimum absolute atomic E-state index is 0.0111. The van der Waals surface area contributed by atoms with Crippen LogP contribution in [-0.4, -0.2) is 38.1 Å². The summed E-state index contributed by atoms with van der Waals surface area (Å²) >= 11 is 1.42. The fraction of sp³-hybridized carbons (Fsp3) is 0.350. The summed E-state index contributed by atoms with van der Waals surface area (Å²) in [4.78, 5) is 37.1. The summed E-state index contributed by atoms with van der Waals surface area (Å²) in [6.45, 7) is 4.77. The van der Waals surface area contributed by atoms with Crippen LogP contribution in [0, 0.1) is 5.41 Å². The summed E-state index contributed by atoms with van der Waals surface area (Å²) < 4.78 is 1.58. The maximum Gasteiger partial charge on any atom is 0.274 e. The zero-order chi connectivity index (χ0) is 22.9. The third-order valence-electron chi connectivity index (χ3n) is 5.18. The largest absolute Gasteiger partial charge is 0.578 e. The summed E-state index contributed by atoms with van der Waals surface area (Å²) in [5.41, 5.74) is 6.95. The molecule has 4 rings (SSSR count). The van der Waals surface area contributed by atoms with E-state index in [1.807, 2.05) is 13.8 Å². The van der Waals surface area contributed by atoms with E-state index in [4.69, 9.17) is 5.84 Å². The molecule has 0 spiro atoms. The van der Waals surface area contributed by atoms with Crippen molar-refractivity contribution < 1.29 is 9.59 Å². The van der Waals surface area contributed by atoms with Crippen molar-refractivity contribution in [2.24, 2.45) is 18.3 Å². The molecule has 0 aromatic carbocycles. The van der Waals surface area contributed by atoms with Crippen molar-refractivity contribution >= 4 is 34.7 Å². The van der Waals surface area contributed by atoms with E-state index < -0.39 is 11.3 Å². The van der Waals surface area contributed by atoms with Crippen LogP contribution < -0.4 is 21.6 Å². The highest BCUT2D eigenvalue weighted by Gasteiger charge is 2.41. The number of anilines is 2. The predicted octanol–water partition coefficient (Wildman–Crippen LogP) is 2.21. The van der Waals surface area contributed by atoms with Gasteiger partial charge in [0.05, 0.1) is 11.9 Å². The molecule has 32 heavy (non-hydrogen) atoms. The van der Waals surface area contributed by atoms with Gasteiger partial charge in [0.15, 0.2) is 5.82 Å². The smallest absolute Gasteiger partial charge is 0.274 e. The molecule has 3 aromatic rings. The van der Waals surface area contributed by atoms with Crippen molar-refractivity contribution in [3.8, 4) is 10.7 Å². The third-order valence-corrected chi connectivity index (χ3v) is 6.18. The van der Waals surface area contributed by atoms with Gasteiger partial charge in [-0.15, -0.1) is 17.9 Å². The molecule has 11 nitrogen and oxygen atoms in total. The summed E-state index contributed by atoms with van der Waals surface area (Å²) in [7, 11) is 1.75. The van der Waals surface area contributed by atoms with Crippen LogP contribution in [0.2, 0.25) is 0 Å². The fourth-order valence-corrected chi connectivity index (χ4v) is 4.23. The topological polar surface area (TPSA) is 145 Å². The quantitative estimate of drug-likeness (QED) is 0.366. The lowest BCUT2D eigenvalue weighted by Gasteiger charge is -2.18. The van der Waals surface area contributed by atoms with E-state index in [1.165, 1.54) is 11.3 Å². The minimum atomic E-state index is -0.450. The van der Waals surface area contributed by atoms with Crippen LogP contribution in [0.25, 0.3) is 16.1 Å². The lowest BCUT2D eigenvalue weighted by atomic mass is 9.92. The molecular weight excluding hydrogens is 430 g/mol. The highest BCUT2D eigenvalue weighted by Crippen LogP contribution is 2.36. The van der Waals surface area contributed by atoms with Crippen molar-refractivity contribution in [3.63, 3.8) is 0 Å². The van der Waals surface area contributed by atoms with Crippen molar-refractivity contribution in [1.82, 2.24) is 25.3 Å². The number of nitrogens with one attached hydrogen (secondary N) is 2. The van der Waals surface area contributed by atoms with Crippen LogP contribution >= 0.6 is 11.3 Å². The van der Waals surface area contributed by atoms with Gasteiger partial charge < -0.3 is 16.3 Å². The summed E-state index contributed by atoms with van der Waals surface area (Å²) in [6, 6.07) is 5.17. The van der Waals surface area contributed by atoms with Gasteiger partial charge in [0.1, 0.15) is 16.4 Å². The van der Waals surface area contributed by atoms with Gasteiger partial charge in [0, 0.05) is 30.1 Å². The van der Waals surface area contributed by atoms with Gasteiger partial charge in [-0.2, -0.15) is 5.10 Å². The Labute approximate surface area is 189 Å². The van der Waals surface area contributed by atoms with Gasteiger partial charge in [-0.05, 0) is 18.6 Å². The fourth-order valence-electron chi connectivity index (χ4n) is 3.42. The number of thiazole rings is 1. The minimum Gasteiger partial charge on any atom is -0.578 e. The molecule has 2 amide bonds. The second-order valence-corrected chi connectivity index (χ2v) is 9.19. The molecule has 1 aliphatic rings. The SMILES string of the molecule is Cn1cc(NC(=O)c2cccc(-c3ncc(C[N-]NN)s3)n2)c(N2CCC(C)(C)C2=O)n1. The molecule has 0 saturated carbocycles. The van der Waals surface area contributed by atoms with Gasteiger partial charge in [-0.25, -0.2) is 9.97 Å². The van der Waals surface area contributed by atoms with Crippen LogP contribution in [0.1, 0.15) is 35.6 Å². The molecule has 4 heterocycles. The molecule has 0 unspecified atom stereocenters. The summed E-state index contributed by atoms with van der Waals surface area (Å²) in [6.07, 6.45) is 4.10. The molecular formula is C20H24N9O2S-. The first-order valence-corrected chi connectivity index (χ1v) is 10.8. The second kappa shape index (κ2) is 8.74. The second-order valence-electron chi connectivity index (χ2n) is 8.07. The number of aromatic nitrogens is 4. The number of aryl methyl sites for hydroxylation is 1. The van der Waals surface area contributed by atoms with Crippen LogP contribution in [0.4, 0.5) is 11.5 Å². The van der Waals surface area contributed by atoms with Crippen molar-refractivity contribution in [2.45, 2.75) is 26.8 Å². The average Bonchev–Trinajstić information content (AvgIpc) is 3.45. The molecule has 0 radical (unpaired) electrons. The predicted molar refractivity (Wildman–Crippen MR) is 122 cm³/mol. The zero-order valence-electron chi connectivity index (χ0n) is 18.0. The Morgan fingerprint density at radius 2 is 2.19 bits per heavy atom. The van der Waals surface area contributed by atoms with E-state index in [0.717, 1.165) is 11.3 Å². The molecule has 0 bridgehead atoms. The zero-order valence-corrected chi connectivity index (χ0v) is 18.8. The van der Waals surface area contributed by atoms with E-state index in [2.05, 4.69) is 31.3 Å². The van der Waals surface area contributed by atoms with Crippen LogP contribution in [0.5, 0.6) is 0 Å². The van der Waals surface area contributed by atoms with Gasteiger partial charge in [0.25, 0.3) is 5.91 Å².